The highest BCUT2D eigenvalue weighted by Crippen LogP contribution is 2.26. The average molecular weight is 380 g/mol. The van der Waals surface area contributed by atoms with E-state index in [2.05, 4.69) is 0 Å². The van der Waals surface area contributed by atoms with Crippen LogP contribution in [0, 0.1) is 5.82 Å². The number of aromatic nitrogens is 1. The third-order valence-electron chi connectivity index (χ3n) is 4.51. The van der Waals surface area contributed by atoms with Crippen molar-refractivity contribution in [1.82, 2.24) is 9.47 Å². The van der Waals surface area contributed by atoms with E-state index in [0.29, 0.717) is 11.3 Å². The molecule has 5 nitrogen and oxygen atoms in total. The summed E-state index contributed by atoms with van der Waals surface area (Å²) in [5.74, 6) is -0.247. The molecular formula is C22H21FN2O3. The molecule has 1 amide bonds. The number of methoxy groups -OCH3 is 1. The van der Waals surface area contributed by atoms with Crippen molar-refractivity contribution in [3.05, 3.63) is 90.0 Å². The maximum absolute atomic E-state index is 13.4. The minimum atomic E-state index is -0.882. The third kappa shape index (κ3) is 4.28. The number of halogens is 1. The number of carbonyl (C=O) groups is 2. The van der Waals surface area contributed by atoms with Crippen molar-refractivity contribution < 1.29 is 18.7 Å². The van der Waals surface area contributed by atoms with Crippen LogP contribution in [0.15, 0.2) is 73.1 Å². The highest BCUT2D eigenvalue weighted by atomic mass is 19.1. The van der Waals surface area contributed by atoms with Crippen LogP contribution in [0.25, 0.3) is 0 Å². The quantitative estimate of drug-likeness (QED) is 0.648. The van der Waals surface area contributed by atoms with Crippen molar-refractivity contribution in [2.24, 2.45) is 0 Å². The molecule has 0 N–H and O–H groups in total. The summed E-state index contributed by atoms with van der Waals surface area (Å²) in [6.07, 6.45) is 3.26. The van der Waals surface area contributed by atoms with Crippen molar-refractivity contribution >= 4 is 11.8 Å². The van der Waals surface area contributed by atoms with E-state index in [-0.39, 0.29) is 18.4 Å². The second-order valence-corrected chi connectivity index (χ2v) is 6.38. The van der Waals surface area contributed by atoms with Gasteiger partial charge >= 0.3 is 0 Å². The van der Waals surface area contributed by atoms with Crippen LogP contribution in [0.1, 0.15) is 28.9 Å². The predicted molar refractivity (Wildman–Crippen MR) is 103 cm³/mol. The van der Waals surface area contributed by atoms with E-state index in [0.717, 1.165) is 5.56 Å². The lowest BCUT2D eigenvalue weighted by Crippen LogP contribution is -2.39. The Labute approximate surface area is 163 Å². The van der Waals surface area contributed by atoms with Gasteiger partial charge in [0.2, 0.25) is 5.91 Å². The second kappa shape index (κ2) is 8.52. The Morgan fingerprint density at radius 2 is 1.64 bits per heavy atom. The fourth-order valence-electron chi connectivity index (χ4n) is 3.04. The van der Waals surface area contributed by atoms with Gasteiger partial charge < -0.3 is 9.64 Å². The van der Waals surface area contributed by atoms with Crippen LogP contribution in [-0.4, -0.2) is 28.4 Å². The van der Waals surface area contributed by atoms with Gasteiger partial charge in [-0.25, -0.2) is 4.39 Å². The first-order valence-electron chi connectivity index (χ1n) is 8.82. The molecule has 1 aromatic heterocycles. The summed E-state index contributed by atoms with van der Waals surface area (Å²) in [5.41, 5.74) is 1.40. The van der Waals surface area contributed by atoms with Crippen LogP contribution in [-0.2, 0) is 11.3 Å². The Morgan fingerprint density at radius 1 is 1.04 bits per heavy atom. The predicted octanol–water partition coefficient (Wildman–Crippen LogP) is 4.07. The topological polar surface area (TPSA) is 51.5 Å². The summed E-state index contributed by atoms with van der Waals surface area (Å²) in [6.45, 7) is 1.65. The first-order valence-corrected chi connectivity index (χ1v) is 8.82. The maximum Gasteiger partial charge on any atom is 0.258 e. The van der Waals surface area contributed by atoms with Gasteiger partial charge in [0.05, 0.1) is 7.11 Å². The number of nitrogens with zero attached hydrogens (tertiary/aromatic N) is 2. The molecule has 0 spiro atoms. The molecule has 0 saturated carbocycles. The Kier molecular flexibility index (Phi) is 5.89. The number of carbonyl (C=O) groups excluding carboxylic acids is 2. The number of ether oxygens (including phenoxy) is 1. The third-order valence-corrected chi connectivity index (χ3v) is 4.51. The molecule has 2 aromatic carbocycles. The molecule has 28 heavy (non-hydrogen) atoms. The highest BCUT2D eigenvalue weighted by molar-refractivity contribution is 5.89. The number of benzene rings is 2. The molecule has 0 aliphatic carbocycles. The summed E-state index contributed by atoms with van der Waals surface area (Å²) in [5, 5.41) is 0. The molecule has 144 valence electrons. The first kappa shape index (κ1) is 19.4. The van der Waals surface area contributed by atoms with E-state index in [9.17, 15) is 14.0 Å². The zero-order valence-electron chi connectivity index (χ0n) is 15.7. The minimum absolute atomic E-state index is 0.231. The monoisotopic (exact) mass is 380 g/mol. The Balaban J connectivity index is 1.99. The zero-order valence-corrected chi connectivity index (χ0v) is 15.7. The van der Waals surface area contributed by atoms with Crippen LogP contribution in [0.2, 0.25) is 0 Å². The van der Waals surface area contributed by atoms with Crippen molar-refractivity contribution in [3.63, 3.8) is 0 Å². The summed E-state index contributed by atoms with van der Waals surface area (Å²) < 4.78 is 20.0. The van der Waals surface area contributed by atoms with E-state index in [1.165, 1.54) is 40.7 Å². The fourth-order valence-corrected chi connectivity index (χ4v) is 3.04. The lowest BCUT2D eigenvalue weighted by Gasteiger charge is -2.30. The van der Waals surface area contributed by atoms with Crippen LogP contribution in [0.3, 0.4) is 0 Å². The molecule has 1 unspecified atom stereocenters. The van der Waals surface area contributed by atoms with Crippen LogP contribution >= 0.6 is 0 Å². The molecule has 0 radical (unpaired) electrons. The van der Waals surface area contributed by atoms with Crippen LogP contribution in [0.5, 0.6) is 5.75 Å². The van der Waals surface area contributed by atoms with E-state index in [1.54, 1.807) is 43.8 Å². The van der Waals surface area contributed by atoms with E-state index in [1.807, 2.05) is 12.1 Å². The van der Waals surface area contributed by atoms with Crippen LogP contribution < -0.4 is 4.74 Å². The molecule has 0 fully saturated rings. The Hall–Kier alpha value is -3.41. The lowest BCUT2D eigenvalue weighted by molar-refractivity contribution is -0.131. The standard InChI is InChI=1S/C22H21FN2O3/c1-16(26)25(15-17-5-11-20(28-2)12-6-17)21(18-7-9-19(23)10-8-18)22(27)24-13-3-4-14-24/h3-14,21H,15H2,1-2H3. The van der Waals surface area contributed by atoms with Gasteiger partial charge in [-0.2, -0.15) is 0 Å². The maximum atomic E-state index is 13.4. The molecule has 3 rings (SSSR count). The van der Waals surface area contributed by atoms with Crippen LogP contribution in [0.4, 0.5) is 4.39 Å². The van der Waals surface area contributed by atoms with Crippen molar-refractivity contribution in [2.45, 2.75) is 19.5 Å². The van der Waals surface area contributed by atoms with E-state index in [4.69, 9.17) is 4.74 Å². The number of rotatable bonds is 6. The van der Waals surface area contributed by atoms with Gasteiger partial charge in [-0.15, -0.1) is 0 Å². The Bertz CT molecular complexity index is 935. The largest absolute Gasteiger partial charge is 0.497 e. The second-order valence-electron chi connectivity index (χ2n) is 6.38. The highest BCUT2D eigenvalue weighted by Gasteiger charge is 2.30. The number of hydrogen-bond acceptors (Lipinski definition) is 3. The van der Waals surface area contributed by atoms with Gasteiger partial charge in [0.15, 0.2) is 0 Å². The van der Waals surface area contributed by atoms with Gasteiger partial charge in [-0.3, -0.25) is 14.2 Å². The molecule has 6 heteroatoms. The van der Waals surface area contributed by atoms with Gasteiger partial charge in [0, 0.05) is 25.9 Å². The minimum Gasteiger partial charge on any atom is -0.497 e. The first-order chi connectivity index (χ1) is 13.5. The molecule has 1 atom stereocenters. The molecular weight excluding hydrogens is 359 g/mol. The lowest BCUT2D eigenvalue weighted by atomic mass is 10.0. The number of amides is 1. The summed E-state index contributed by atoms with van der Waals surface area (Å²) in [4.78, 5) is 27.2. The van der Waals surface area contributed by atoms with Gasteiger partial charge in [0.1, 0.15) is 17.6 Å². The molecule has 0 aliphatic heterocycles. The van der Waals surface area contributed by atoms with Gasteiger partial charge in [-0.1, -0.05) is 24.3 Å². The SMILES string of the molecule is COc1ccc(CN(C(C)=O)C(C(=O)n2cccc2)c2ccc(F)cc2)cc1. The van der Waals surface area contributed by atoms with Gasteiger partial charge in [-0.05, 0) is 47.5 Å². The van der Waals surface area contributed by atoms with Crippen molar-refractivity contribution in [2.75, 3.05) is 7.11 Å². The molecule has 0 aliphatic rings. The van der Waals surface area contributed by atoms with Crippen molar-refractivity contribution in [1.29, 1.82) is 0 Å². The molecule has 3 aromatic rings. The smallest absolute Gasteiger partial charge is 0.258 e. The fraction of sp³-hybridized carbons (Fsp3) is 0.182. The number of hydrogen-bond donors (Lipinski definition) is 0. The van der Waals surface area contributed by atoms with Crippen molar-refractivity contribution in [3.8, 4) is 5.75 Å². The summed E-state index contributed by atoms with van der Waals surface area (Å²) in [6, 6.07) is 15.5. The average Bonchev–Trinajstić information content (AvgIpc) is 3.24. The van der Waals surface area contributed by atoms with Gasteiger partial charge in [0.25, 0.3) is 5.91 Å². The summed E-state index contributed by atoms with van der Waals surface area (Å²) in [7, 11) is 1.58. The zero-order chi connectivity index (χ0) is 20.1. The Morgan fingerprint density at radius 3 is 2.18 bits per heavy atom. The van der Waals surface area contributed by atoms with E-state index < -0.39 is 11.9 Å². The molecule has 0 bridgehead atoms. The molecule has 0 saturated heterocycles. The molecule has 1 heterocycles. The summed E-state index contributed by atoms with van der Waals surface area (Å²) >= 11 is 0. The van der Waals surface area contributed by atoms with E-state index >= 15 is 0 Å². The normalized spacial score (nSPS) is 11.7.